The maximum atomic E-state index is 12.5. The van der Waals surface area contributed by atoms with Gasteiger partial charge in [0.05, 0.1) is 19.8 Å². The molecule has 0 spiro atoms. The van der Waals surface area contributed by atoms with Gasteiger partial charge < -0.3 is 19.5 Å². The number of Topliss-reactive ketones (excluding diaryl/α,β-unsaturated/α-hetero) is 1. The van der Waals surface area contributed by atoms with Crippen LogP contribution in [0.2, 0.25) is 0 Å². The molecular weight excluding hydrogens is 450 g/mol. The van der Waals surface area contributed by atoms with Gasteiger partial charge in [-0.1, -0.05) is 60.7 Å². The normalized spacial score (nSPS) is 17.6. The molecule has 1 aliphatic heterocycles. The molecule has 0 aliphatic carbocycles. The summed E-state index contributed by atoms with van der Waals surface area (Å²) >= 11 is 0. The standard InChI is InChI=1S/C31H31NO4/c1-34-28-8-4-7-26(18-28)30(33)21-35-27-13-11-24(12-14-27)29-15-16-32-19-31(29)36-20-22-9-10-23-5-2-3-6-25(23)17-22/h2-14,17-18,29,31-32H,15-16,19-21H2,1H3/t29-,31+/m1/s1. The Morgan fingerprint density at radius 3 is 2.56 bits per heavy atom. The second kappa shape index (κ2) is 11.4. The van der Waals surface area contributed by atoms with Gasteiger partial charge >= 0.3 is 0 Å². The second-order valence-electron chi connectivity index (χ2n) is 9.14. The van der Waals surface area contributed by atoms with Gasteiger partial charge in [-0.25, -0.2) is 0 Å². The van der Waals surface area contributed by atoms with Gasteiger partial charge in [-0.3, -0.25) is 4.79 Å². The highest BCUT2D eigenvalue weighted by Crippen LogP contribution is 2.30. The number of benzene rings is 4. The molecule has 1 N–H and O–H groups in total. The number of hydrogen-bond donors (Lipinski definition) is 1. The van der Waals surface area contributed by atoms with E-state index in [9.17, 15) is 4.79 Å². The van der Waals surface area contributed by atoms with Crippen LogP contribution < -0.4 is 14.8 Å². The van der Waals surface area contributed by atoms with Crippen molar-refractivity contribution >= 4 is 16.6 Å². The molecule has 5 heteroatoms. The predicted octanol–water partition coefficient (Wildman–Crippen LogP) is 5.77. The van der Waals surface area contributed by atoms with Crippen LogP contribution in [0.15, 0.2) is 91.0 Å². The first-order valence-corrected chi connectivity index (χ1v) is 12.4. The molecule has 0 unspecified atom stereocenters. The van der Waals surface area contributed by atoms with E-state index in [1.807, 2.05) is 18.2 Å². The van der Waals surface area contributed by atoms with E-state index in [4.69, 9.17) is 14.2 Å². The fourth-order valence-electron chi connectivity index (χ4n) is 4.76. The topological polar surface area (TPSA) is 56.8 Å². The van der Waals surface area contributed by atoms with Crippen molar-refractivity contribution in [1.29, 1.82) is 0 Å². The number of fused-ring (bicyclic) bond motifs is 1. The summed E-state index contributed by atoms with van der Waals surface area (Å²) in [7, 11) is 1.59. The maximum absolute atomic E-state index is 12.5. The third-order valence-corrected chi connectivity index (χ3v) is 6.77. The highest BCUT2D eigenvalue weighted by molar-refractivity contribution is 5.97. The molecule has 4 aromatic carbocycles. The quantitative estimate of drug-likeness (QED) is 0.308. The molecule has 1 saturated heterocycles. The van der Waals surface area contributed by atoms with E-state index in [1.165, 1.54) is 21.9 Å². The predicted molar refractivity (Wildman–Crippen MR) is 142 cm³/mol. The fourth-order valence-corrected chi connectivity index (χ4v) is 4.76. The summed E-state index contributed by atoms with van der Waals surface area (Å²) in [6.45, 7) is 2.36. The minimum absolute atomic E-state index is 0.0165. The first-order chi connectivity index (χ1) is 17.7. The molecule has 0 saturated carbocycles. The second-order valence-corrected chi connectivity index (χ2v) is 9.14. The smallest absolute Gasteiger partial charge is 0.200 e. The summed E-state index contributed by atoms with van der Waals surface area (Å²) in [5.41, 5.74) is 2.99. The Hall–Kier alpha value is -3.67. The van der Waals surface area contributed by atoms with Gasteiger partial charge in [0.1, 0.15) is 11.5 Å². The van der Waals surface area contributed by atoms with E-state index in [1.54, 1.807) is 25.3 Å². The first kappa shape index (κ1) is 24.0. The number of carbonyl (C=O) groups is 1. The molecule has 5 rings (SSSR count). The molecule has 5 nitrogen and oxygen atoms in total. The van der Waals surface area contributed by atoms with E-state index in [-0.39, 0.29) is 18.5 Å². The number of methoxy groups -OCH3 is 1. The number of carbonyl (C=O) groups excluding carboxylic acids is 1. The first-order valence-electron chi connectivity index (χ1n) is 12.4. The number of nitrogens with one attached hydrogen (secondary N) is 1. The van der Waals surface area contributed by atoms with Crippen LogP contribution in [0, 0.1) is 0 Å². The Balaban J connectivity index is 1.19. The Labute approximate surface area is 212 Å². The van der Waals surface area contributed by atoms with Gasteiger partial charge in [0.25, 0.3) is 0 Å². The summed E-state index contributed by atoms with van der Waals surface area (Å²) in [5.74, 6) is 1.56. The summed E-state index contributed by atoms with van der Waals surface area (Å²) in [6, 6.07) is 30.1. The van der Waals surface area contributed by atoms with Crippen molar-refractivity contribution in [3.8, 4) is 11.5 Å². The van der Waals surface area contributed by atoms with Crippen LogP contribution in [0.25, 0.3) is 10.8 Å². The lowest BCUT2D eigenvalue weighted by Crippen LogP contribution is -2.40. The van der Waals surface area contributed by atoms with Gasteiger partial charge in [-0.15, -0.1) is 0 Å². The van der Waals surface area contributed by atoms with E-state index >= 15 is 0 Å². The van der Waals surface area contributed by atoms with Crippen molar-refractivity contribution in [2.75, 3.05) is 26.8 Å². The van der Waals surface area contributed by atoms with Crippen molar-refractivity contribution in [3.05, 3.63) is 108 Å². The van der Waals surface area contributed by atoms with Crippen LogP contribution in [-0.4, -0.2) is 38.7 Å². The highest BCUT2D eigenvalue weighted by Gasteiger charge is 2.27. The molecule has 184 valence electrons. The summed E-state index contributed by atoms with van der Waals surface area (Å²) in [4.78, 5) is 12.5. The van der Waals surface area contributed by atoms with Crippen LogP contribution in [0.4, 0.5) is 0 Å². The Morgan fingerprint density at radius 1 is 0.889 bits per heavy atom. The zero-order valence-corrected chi connectivity index (χ0v) is 20.5. The molecule has 0 bridgehead atoms. The van der Waals surface area contributed by atoms with Crippen LogP contribution in [0.5, 0.6) is 11.5 Å². The van der Waals surface area contributed by atoms with Crippen LogP contribution >= 0.6 is 0 Å². The van der Waals surface area contributed by atoms with Crippen LogP contribution in [0.3, 0.4) is 0 Å². The largest absolute Gasteiger partial charge is 0.497 e. The molecule has 36 heavy (non-hydrogen) atoms. The monoisotopic (exact) mass is 481 g/mol. The zero-order chi connectivity index (χ0) is 24.7. The minimum Gasteiger partial charge on any atom is -0.497 e. The average Bonchev–Trinajstić information content (AvgIpc) is 2.95. The van der Waals surface area contributed by atoms with Crippen molar-refractivity contribution in [1.82, 2.24) is 5.32 Å². The Bertz CT molecular complexity index is 1320. The van der Waals surface area contributed by atoms with Crippen LogP contribution in [-0.2, 0) is 11.3 Å². The van der Waals surface area contributed by atoms with Crippen molar-refractivity contribution in [3.63, 3.8) is 0 Å². The van der Waals surface area contributed by atoms with E-state index in [0.717, 1.165) is 19.5 Å². The van der Waals surface area contributed by atoms with Crippen LogP contribution in [0.1, 0.15) is 33.8 Å². The van der Waals surface area contributed by atoms with E-state index in [2.05, 4.69) is 59.9 Å². The summed E-state index contributed by atoms with van der Waals surface area (Å²) in [6.07, 6.45) is 1.10. The third kappa shape index (κ3) is 5.76. The number of piperidine rings is 1. The molecule has 0 aromatic heterocycles. The number of ether oxygens (including phenoxy) is 3. The molecule has 2 atom stereocenters. The number of hydrogen-bond acceptors (Lipinski definition) is 5. The molecule has 1 aliphatic rings. The number of rotatable bonds is 9. The summed E-state index contributed by atoms with van der Waals surface area (Å²) < 4.78 is 17.4. The zero-order valence-electron chi connectivity index (χ0n) is 20.5. The molecule has 1 heterocycles. The Kier molecular flexibility index (Phi) is 7.60. The van der Waals surface area contributed by atoms with Crippen molar-refractivity contribution < 1.29 is 19.0 Å². The molecule has 0 amide bonds. The fraction of sp³-hybridized carbons (Fsp3) is 0.258. The SMILES string of the molecule is COc1cccc(C(=O)COc2ccc([C@H]3CCNC[C@@H]3OCc3ccc4ccccc4c3)cc2)c1. The lowest BCUT2D eigenvalue weighted by atomic mass is 9.87. The third-order valence-electron chi connectivity index (χ3n) is 6.77. The highest BCUT2D eigenvalue weighted by atomic mass is 16.5. The molecule has 1 fully saturated rings. The van der Waals surface area contributed by atoms with Crippen molar-refractivity contribution in [2.45, 2.75) is 25.0 Å². The van der Waals surface area contributed by atoms with Gasteiger partial charge in [0, 0.05) is 18.0 Å². The maximum Gasteiger partial charge on any atom is 0.200 e. The average molecular weight is 482 g/mol. The lowest BCUT2D eigenvalue weighted by Gasteiger charge is -2.32. The van der Waals surface area contributed by atoms with Gasteiger partial charge in [-0.05, 0) is 65.2 Å². The lowest BCUT2D eigenvalue weighted by molar-refractivity contribution is 0.0106. The van der Waals surface area contributed by atoms with Gasteiger partial charge in [0.2, 0.25) is 0 Å². The molecule has 0 radical (unpaired) electrons. The number of ketones is 1. The molecular formula is C31H31NO4. The van der Waals surface area contributed by atoms with Gasteiger partial charge in [-0.2, -0.15) is 0 Å². The molecule has 4 aromatic rings. The summed E-state index contributed by atoms with van der Waals surface area (Å²) in [5, 5.41) is 5.95. The van der Waals surface area contributed by atoms with Gasteiger partial charge in [0.15, 0.2) is 12.4 Å². The van der Waals surface area contributed by atoms with E-state index < -0.39 is 0 Å². The minimum atomic E-state index is -0.0847. The van der Waals surface area contributed by atoms with Crippen molar-refractivity contribution in [2.24, 2.45) is 0 Å². The Morgan fingerprint density at radius 2 is 1.72 bits per heavy atom. The van der Waals surface area contributed by atoms with E-state index in [0.29, 0.717) is 29.6 Å².